The lowest BCUT2D eigenvalue weighted by Gasteiger charge is -2.34. The lowest BCUT2D eigenvalue weighted by molar-refractivity contribution is -0.123. The van der Waals surface area contributed by atoms with Gasteiger partial charge in [-0.05, 0) is 24.7 Å². The molecule has 4 nitrogen and oxygen atoms in total. The summed E-state index contributed by atoms with van der Waals surface area (Å²) in [6.07, 6.45) is 7.28. The number of nitrogens with one attached hydrogen (secondary N) is 1. The fourth-order valence-electron chi connectivity index (χ4n) is 3.54. The molecule has 0 bridgehead atoms. The molecule has 1 saturated carbocycles. The average molecular weight is 296 g/mol. The molecule has 1 N–H and O–H groups in total. The molecule has 0 aromatic carbocycles. The molecule has 2 aliphatic rings. The number of carbonyl (C=O) groups excluding carboxylic acids is 1. The third-order valence-electron chi connectivity index (χ3n) is 4.57. The predicted octanol–water partition coefficient (Wildman–Crippen LogP) is 2.43. The number of hydrogen-bond donors (Lipinski definition) is 1. The van der Waals surface area contributed by atoms with Crippen molar-refractivity contribution in [3.63, 3.8) is 0 Å². The van der Waals surface area contributed by atoms with Gasteiger partial charge >= 0.3 is 0 Å². The maximum absolute atomic E-state index is 12.0. The molecule has 2 fully saturated rings. The predicted molar refractivity (Wildman–Crippen MR) is 85.2 cm³/mol. The van der Waals surface area contributed by atoms with Gasteiger partial charge < -0.3 is 10.1 Å². The standard InChI is InChI=1S/C17H32N2O2/c1-14(2)12-19-8-9-21-16(13-19)11-18-17(20)10-15-6-4-3-5-7-15/h14-16H,3-13H2,1-2H3,(H,18,20). The van der Waals surface area contributed by atoms with Gasteiger partial charge in [0.25, 0.3) is 0 Å². The van der Waals surface area contributed by atoms with Gasteiger partial charge in [0.05, 0.1) is 12.7 Å². The summed E-state index contributed by atoms with van der Waals surface area (Å²) in [6.45, 7) is 9.03. The molecule has 0 aromatic rings. The van der Waals surface area contributed by atoms with Crippen LogP contribution >= 0.6 is 0 Å². The topological polar surface area (TPSA) is 41.6 Å². The highest BCUT2D eigenvalue weighted by molar-refractivity contribution is 5.76. The smallest absolute Gasteiger partial charge is 0.220 e. The second kappa shape index (κ2) is 8.74. The Balaban J connectivity index is 1.63. The first-order valence-corrected chi connectivity index (χ1v) is 8.74. The average Bonchev–Trinajstić information content (AvgIpc) is 2.46. The number of rotatable bonds is 6. The Labute approximate surface area is 129 Å². The number of carbonyl (C=O) groups is 1. The van der Waals surface area contributed by atoms with Crippen molar-refractivity contribution in [1.29, 1.82) is 0 Å². The fourth-order valence-corrected chi connectivity index (χ4v) is 3.54. The van der Waals surface area contributed by atoms with Crippen LogP contribution in [0.4, 0.5) is 0 Å². The molecule has 122 valence electrons. The lowest BCUT2D eigenvalue weighted by atomic mass is 9.87. The molecular weight excluding hydrogens is 264 g/mol. The number of amides is 1. The normalized spacial score (nSPS) is 25.2. The van der Waals surface area contributed by atoms with E-state index in [4.69, 9.17) is 4.74 Å². The first kappa shape index (κ1) is 16.8. The molecule has 1 saturated heterocycles. The Bertz CT molecular complexity index is 314. The monoisotopic (exact) mass is 296 g/mol. The van der Waals surface area contributed by atoms with Crippen LogP contribution in [0.1, 0.15) is 52.4 Å². The van der Waals surface area contributed by atoms with Gasteiger partial charge in [-0.2, -0.15) is 0 Å². The molecular formula is C17H32N2O2. The van der Waals surface area contributed by atoms with E-state index in [1.54, 1.807) is 0 Å². The zero-order valence-corrected chi connectivity index (χ0v) is 13.8. The number of hydrogen-bond acceptors (Lipinski definition) is 3. The van der Waals surface area contributed by atoms with E-state index in [0.717, 1.165) is 26.2 Å². The van der Waals surface area contributed by atoms with Gasteiger partial charge in [-0.25, -0.2) is 0 Å². The summed E-state index contributed by atoms with van der Waals surface area (Å²) in [5.74, 6) is 1.51. The van der Waals surface area contributed by atoms with E-state index in [1.165, 1.54) is 32.1 Å². The van der Waals surface area contributed by atoms with E-state index in [9.17, 15) is 4.79 Å². The minimum Gasteiger partial charge on any atom is -0.374 e. The molecule has 1 amide bonds. The Kier molecular flexibility index (Phi) is 6.97. The zero-order chi connectivity index (χ0) is 15.1. The summed E-state index contributed by atoms with van der Waals surface area (Å²) in [5, 5.41) is 3.08. The molecule has 0 aromatic heterocycles. The first-order chi connectivity index (χ1) is 10.1. The highest BCUT2D eigenvalue weighted by Gasteiger charge is 2.22. The van der Waals surface area contributed by atoms with Crippen molar-refractivity contribution in [3.05, 3.63) is 0 Å². The van der Waals surface area contributed by atoms with Crippen LogP contribution in [-0.2, 0) is 9.53 Å². The van der Waals surface area contributed by atoms with E-state index in [-0.39, 0.29) is 12.0 Å². The van der Waals surface area contributed by atoms with Crippen LogP contribution in [-0.4, -0.2) is 49.7 Å². The van der Waals surface area contributed by atoms with Crippen molar-refractivity contribution in [3.8, 4) is 0 Å². The van der Waals surface area contributed by atoms with E-state index in [0.29, 0.717) is 24.8 Å². The van der Waals surface area contributed by atoms with Crippen LogP contribution in [0.15, 0.2) is 0 Å². The van der Waals surface area contributed by atoms with Crippen LogP contribution in [0.25, 0.3) is 0 Å². The SMILES string of the molecule is CC(C)CN1CCOC(CNC(=O)CC2CCCCC2)C1. The van der Waals surface area contributed by atoms with Crippen molar-refractivity contribution in [2.75, 3.05) is 32.8 Å². The van der Waals surface area contributed by atoms with Gasteiger partial charge in [0.2, 0.25) is 5.91 Å². The van der Waals surface area contributed by atoms with Gasteiger partial charge in [0.15, 0.2) is 0 Å². The molecule has 1 aliphatic heterocycles. The molecule has 1 atom stereocenters. The van der Waals surface area contributed by atoms with Gasteiger partial charge in [-0.3, -0.25) is 9.69 Å². The number of morpholine rings is 1. The second-order valence-electron chi connectivity index (χ2n) is 7.16. The third kappa shape index (κ3) is 6.35. The van der Waals surface area contributed by atoms with Crippen LogP contribution < -0.4 is 5.32 Å². The fraction of sp³-hybridized carbons (Fsp3) is 0.941. The lowest BCUT2D eigenvalue weighted by Crippen LogP contribution is -2.48. The first-order valence-electron chi connectivity index (χ1n) is 8.74. The summed E-state index contributed by atoms with van der Waals surface area (Å²) < 4.78 is 5.77. The van der Waals surface area contributed by atoms with Crippen molar-refractivity contribution in [1.82, 2.24) is 10.2 Å². The maximum Gasteiger partial charge on any atom is 0.220 e. The summed E-state index contributed by atoms with van der Waals surface area (Å²) in [7, 11) is 0. The van der Waals surface area contributed by atoms with Crippen molar-refractivity contribution in [2.45, 2.75) is 58.5 Å². The number of ether oxygens (including phenoxy) is 1. The van der Waals surface area contributed by atoms with E-state index in [2.05, 4.69) is 24.1 Å². The third-order valence-corrected chi connectivity index (χ3v) is 4.57. The number of nitrogens with zero attached hydrogens (tertiary/aromatic N) is 1. The van der Waals surface area contributed by atoms with Crippen molar-refractivity contribution < 1.29 is 9.53 Å². The highest BCUT2D eigenvalue weighted by atomic mass is 16.5. The van der Waals surface area contributed by atoms with Crippen LogP contribution in [0.2, 0.25) is 0 Å². The molecule has 1 unspecified atom stereocenters. The second-order valence-corrected chi connectivity index (χ2v) is 7.16. The zero-order valence-electron chi connectivity index (χ0n) is 13.8. The Hall–Kier alpha value is -0.610. The Morgan fingerprint density at radius 1 is 1.29 bits per heavy atom. The summed E-state index contributed by atoms with van der Waals surface area (Å²) in [5.41, 5.74) is 0. The van der Waals surface area contributed by atoms with E-state index in [1.807, 2.05) is 0 Å². The van der Waals surface area contributed by atoms with Gasteiger partial charge in [0.1, 0.15) is 0 Å². The maximum atomic E-state index is 12.0. The largest absolute Gasteiger partial charge is 0.374 e. The van der Waals surface area contributed by atoms with Crippen molar-refractivity contribution in [2.24, 2.45) is 11.8 Å². The molecule has 0 spiro atoms. The van der Waals surface area contributed by atoms with Crippen molar-refractivity contribution >= 4 is 5.91 Å². The Morgan fingerprint density at radius 3 is 2.76 bits per heavy atom. The van der Waals surface area contributed by atoms with Crippen LogP contribution in [0, 0.1) is 11.8 Å². The molecule has 0 radical (unpaired) electrons. The van der Waals surface area contributed by atoms with Crippen LogP contribution in [0.3, 0.4) is 0 Å². The Morgan fingerprint density at radius 2 is 2.05 bits per heavy atom. The molecule has 2 rings (SSSR count). The minimum atomic E-state index is 0.160. The molecule has 1 heterocycles. The van der Waals surface area contributed by atoms with Gasteiger partial charge in [0, 0.05) is 32.6 Å². The van der Waals surface area contributed by atoms with Gasteiger partial charge in [-0.1, -0.05) is 33.1 Å². The van der Waals surface area contributed by atoms with E-state index >= 15 is 0 Å². The van der Waals surface area contributed by atoms with Crippen LogP contribution in [0.5, 0.6) is 0 Å². The summed E-state index contributed by atoms with van der Waals surface area (Å²) >= 11 is 0. The molecule has 4 heteroatoms. The van der Waals surface area contributed by atoms with E-state index < -0.39 is 0 Å². The summed E-state index contributed by atoms with van der Waals surface area (Å²) in [4.78, 5) is 14.5. The minimum absolute atomic E-state index is 0.160. The summed E-state index contributed by atoms with van der Waals surface area (Å²) in [6, 6.07) is 0. The molecule has 1 aliphatic carbocycles. The quantitative estimate of drug-likeness (QED) is 0.818. The highest BCUT2D eigenvalue weighted by Crippen LogP contribution is 2.26. The molecule has 21 heavy (non-hydrogen) atoms. The van der Waals surface area contributed by atoms with Gasteiger partial charge in [-0.15, -0.1) is 0 Å².